The molecule has 0 atom stereocenters. The monoisotopic (exact) mass is 315 g/mol. The van der Waals surface area contributed by atoms with Crippen molar-refractivity contribution in [2.45, 2.75) is 46.5 Å². The molecule has 1 fully saturated rings. The van der Waals surface area contributed by atoms with Gasteiger partial charge in [0.25, 0.3) is 0 Å². The van der Waals surface area contributed by atoms with Crippen molar-refractivity contribution in [3.05, 3.63) is 23.0 Å². The number of carbonyl (C=O) groups excluding carboxylic acids is 1. The molecular formula is C17H25N5O. The van der Waals surface area contributed by atoms with Crippen LogP contribution in [0.2, 0.25) is 0 Å². The van der Waals surface area contributed by atoms with Gasteiger partial charge in [-0.05, 0) is 33.1 Å². The van der Waals surface area contributed by atoms with Gasteiger partial charge in [-0.3, -0.25) is 4.79 Å². The topological polar surface area (TPSA) is 62.5 Å². The molecule has 3 rings (SSSR count). The summed E-state index contributed by atoms with van der Waals surface area (Å²) in [5.41, 5.74) is 4.14. The van der Waals surface area contributed by atoms with Gasteiger partial charge in [-0.15, -0.1) is 0 Å². The Hall–Kier alpha value is -2.11. The molecule has 0 saturated carbocycles. The number of aromatic nitrogens is 3. The number of fused-ring (bicyclic) bond motifs is 1. The van der Waals surface area contributed by atoms with E-state index in [1.165, 1.54) is 0 Å². The van der Waals surface area contributed by atoms with Gasteiger partial charge in [0.2, 0.25) is 5.91 Å². The number of hydrogen-bond donors (Lipinski definition) is 1. The van der Waals surface area contributed by atoms with E-state index in [-0.39, 0.29) is 0 Å². The van der Waals surface area contributed by atoms with Gasteiger partial charge < -0.3 is 10.2 Å². The molecule has 6 nitrogen and oxygen atoms in total. The molecule has 0 unspecified atom stereocenters. The summed E-state index contributed by atoms with van der Waals surface area (Å²) >= 11 is 0. The van der Waals surface area contributed by atoms with Crippen LogP contribution in [-0.4, -0.2) is 45.0 Å². The predicted octanol–water partition coefficient (Wildman–Crippen LogP) is 2.33. The summed E-state index contributed by atoms with van der Waals surface area (Å²) in [6.07, 6.45) is 3.56. The zero-order chi connectivity index (χ0) is 16.4. The van der Waals surface area contributed by atoms with E-state index in [1.54, 1.807) is 0 Å². The summed E-state index contributed by atoms with van der Waals surface area (Å²) in [5.74, 6) is 1.28. The Morgan fingerprint density at radius 3 is 2.87 bits per heavy atom. The lowest BCUT2D eigenvalue weighted by Crippen LogP contribution is -2.27. The third-order valence-electron chi connectivity index (χ3n) is 4.55. The van der Waals surface area contributed by atoms with Crippen molar-refractivity contribution in [2.75, 3.05) is 25.0 Å². The standard InChI is InChI=1S/C17H25N5O/c1-4-14-11-15(22-17(19-14)12(2)13(3)20-22)18-8-6-10-21-9-5-7-16(21)23/h11,18H,4-10H2,1-3H3. The van der Waals surface area contributed by atoms with Crippen LogP contribution in [0.5, 0.6) is 0 Å². The first kappa shape index (κ1) is 15.8. The average molecular weight is 315 g/mol. The fourth-order valence-electron chi connectivity index (χ4n) is 3.01. The molecule has 2 aromatic heterocycles. The zero-order valence-electron chi connectivity index (χ0n) is 14.2. The quantitative estimate of drug-likeness (QED) is 0.831. The minimum atomic E-state index is 0.294. The number of nitrogens with zero attached hydrogens (tertiary/aromatic N) is 4. The Kier molecular flexibility index (Phi) is 4.50. The molecule has 0 spiro atoms. The van der Waals surface area contributed by atoms with Crippen molar-refractivity contribution in [3.8, 4) is 0 Å². The molecule has 0 aromatic carbocycles. The summed E-state index contributed by atoms with van der Waals surface area (Å²) in [6, 6.07) is 2.07. The minimum absolute atomic E-state index is 0.294. The van der Waals surface area contributed by atoms with Gasteiger partial charge in [0.15, 0.2) is 5.65 Å². The summed E-state index contributed by atoms with van der Waals surface area (Å²) in [4.78, 5) is 18.3. The molecule has 1 aliphatic rings. The van der Waals surface area contributed by atoms with Gasteiger partial charge in [0.1, 0.15) is 5.82 Å². The van der Waals surface area contributed by atoms with Gasteiger partial charge in [0.05, 0.1) is 5.69 Å². The lowest BCUT2D eigenvalue weighted by atomic mass is 10.2. The number of nitrogens with one attached hydrogen (secondary N) is 1. The highest BCUT2D eigenvalue weighted by Crippen LogP contribution is 2.19. The van der Waals surface area contributed by atoms with Gasteiger partial charge in [-0.1, -0.05) is 6.92 Å². The first-order chi connectivity index (χ1) is 11.1. The number of likely N-dealkylation sites (tertiary alicyclic amines) is 1. The van der Waals surface area contributed by atoms with E-state index in [0.29, 0.717) is 12.3 Å². The first-order valence-corrected chi connectivity index (χ1v) is 8.47. The maximum atomic E-state index is 11.6. The Balaban J connectivity index is 1.69. The van der Waals surface area contributed by atoms with Crippen LogP contribution in [0.15, 0.2) is 6.07 Å². The van der Waals surface area contributed by atoms with E-state index < -0.39 is 0 Å². The molecule has 3 heterocycles. The molecular weight excluding hydrogens is 290 g/mol. The SMILES string of the molecule is CCc1cc(NCCCN2CCCC2=O)n2nc(C)c(C)c2n1. The fraction of sp³-hybridized carbons (Fsp3) is 0.588. The first-order valence-electron chi connectivity index (χ1n) is 8.47. The lowest BCUT2D eigenvalue weighted by molar-refractivity contribution is -0.127. The van der Waals surface area contributed by atoms with Crippen LogP contribution in [0.1, 0.15) is 43.1 Å². The summed E-state index contributed by atoms with van der Waals surface area (Å²) in [7, 11) is 0. The van der Waals surface area contributed by atoms with Gasteiger partial charge in [0, 0.05) is 43.4 Å². The molecule has 1 amide bonds. The molecule has 23 heavy (non-hydrogen) atoms. The van der Waals surface area contributed by atoms with Crippen molar-refractivity contribution in [1.82, 2.24) is 19.5 Å². The maximum absolute atomic E-state index is 11.6. The maximum Gasteiger partial charge on any atom is 0.222 e. The number of hydrogen-bond acceptors (Lipinski definition) is 4. The molecule has 0 radical (unpaired) electrons. The normalized spacial score (nSPS) is 14.9. The third-order valence-corrected chi connectivity index (χ3v) is 4.55. The van der Waals surface area contributed by atoms with Gasteiger partial charge in [-0.25, -0.2) is 4.98 Å². The Morgan fingerprint density at radius 1 is 1.35 bits per heavy atom. The van der Waals surface area contributed by atoms with E-state index in [2.05, 4.69) is 35.3 Å². The second-order valence-corrected chi connectivity index (χ2v) is 6.20. The molecule has 0 aliphatic carbocycles. The van der Waals surface area contributed by atoms with E-state index in [9.17, 15) is 4.79 Å². The Labute approximate surface area is 136 Å². The van der Waals surface area contributed by atoms with Gasteiger partial charge >= 0.3 is 0 Å². The third kappa shape index (κ3) is 3.16. The van der Waals surface area contributed by atoms with E-state index in [1.807, 2.05) is 16.3 Å². The van der Waals surface area contributed by atoms with Crippen LogP contribution in [0, 0.1) is 13.8 Å². The van der Waals surface area contributed by atoms with Crippen molar-refractivity contribution < 1.29 is 4.79 Å². The summed E-state index contributed by atoms with van der Waals surface area (Å²) < 4.78 is 1.89. The van der Waals surface area contributed by atoms with E-state index in [0.717, 1.165) is 67.3 Å². The van der Waals surface area contributed by atoms with Crippen LogP contribution in [-0.2, 0) is 11.2 Å². The van der Waals surface area contributed by atoms with E-state index in [4.69, 9.17) is 0 Å². The number of amides is 1. The molecule has 1 N–H and O–H groups in total. The molecule has 2 aromatic rings. The number of aryl methyl sites for hydroxylation is 3. The molecule has 0 bridgehead atoms. The number of anilines is 1. The van der Waals surface area contributed by atoms with Crippen LogP contribution >= 0.6 is 0 Å². The van der Waals surface area contributed by atoms with Crippen molar-refractivity contribution >= 4 is 17.4 Å². The smallest absolute Gasteiger partial charge is 0.222 e. The highest BCUT2D eigenvalue weighted by molar-refractivity contribution is 5.78. The van der Waals surface area contributed by atoms with Crippen LogP contribution in [0.4, 0.5) is 5.82 Å². The van der Waals surface area contributed by atoms with Crippen molar-refractivity contribution in [3.63, 3.8) is 0 Å². The molecule has 1 aliphatic heterocycles. The van der Waals surface area contributed by atoms with Crippen LogP contribution in [0.3, 0.4) is 0 Å². The van der Waals surface area contributed by atoms with Crippen molar-refractivity contribution in [1.29, 1.82) is 0 Å². The second kappa shape index (κ2) is 6.56. The molecule has 6 heteroatoms. The Bertz CT molecular complexity index is 721. The van der Waals surface area contributed by atoms with Crippen molar-refractivity contribution in [2.24, 2.45) is 0 Å². The summed E-state index contributed by atoms with van der Waals surface area (Å²) in [6.45, 7) is 8.75. The summed E-state index contributed by atoms with van der Waals surface area (Å²) in [5, 5.41) is 8.05. The molecule has 1 saturated heterocycles. The van der Waals surface area contributed by atoms with Crippen LogP contribution in [0.25, 0.3) is 5.65 Å². The Morgan fingerprint density at radius 2 is 2.17 bits per heavy atom. The zero-order valence-corrected chi connectivity index (χ0v) is 14.2. The highest BCUT2D eigenvalue weighted by atomic mass is 16.2. The minimum Gasteiger partial charge on any atom is -0.370 e. The van der Waals surface area contributed by atoms with E-state index >= 15 is 0 Å². The number of rotatable bonds is 6. The van der Waals surface area contributed by atoms with Gasteiger partial charge in [-0.2, -0.15) is 9.61 Å². The molecule has 124 valence electrons. The largest absolute Gasteiger partial charge is 0.370 e. The average Bonchev–Trinajstić information content (AvgIpc) is 3.08. The number of carbonyl (C=O) groups is 1. The fourth-order valence-corrected chi connectivity index (χ4v) is 3.01. The second-order valence-electron chi connectivity index (χ2n) is 6.20. The predicted molar refractivity (Wildman–Crippen MR) is 90.8 cm³/mol. The highest BCUT2D eigenvalue weighted by Gasteiger charge is 2.19. The lowest BCUT2D eigenvalue weighted by Gasteiger charge is -2.16. The van der Waals surface area contributed by atoms with Crippen LogP contribution < -0.4 is 5.32 Å².